The summed E-state index contributed by atoms with van der Waals surface area (Å²) in [5.74, 6) is 2.19. The Morgan fingerprint density at radius 2 is 1.92 bits per heavy atom. The van der Waals surface area contributed by atoms with Crippen molar-refractivity contribution in [1.82, 2.24) is 24.7 Å². The highest BCUT2D eigenvalue weighted by molar-refractivity contribution is 7.88. The lowest BCUT2D eigenvalue weighted by molar-refractivity contribution is 0.241. The van der Waals surface area contributed by atoms with E-state index in [0.717, 1.165) is 28.9 Å². The monoisotopic (exact) mass is 563 g/mol. The summed E-state index contributed by atoms with van der Waals surface area (Å²) in [4.78, 5) is 9.05. The second-order valence-corrected chi connectivity index (χ2v) is 13.2. The van der Waals surface area contributed by atoms with Crippen LogP contribution in [-0.4, -0.2) is 66.2 Å². The molecule has 2 aliphatic heterocycles. The summed E-state index contributed by atoms with van der Waals surface area (Å²) in [5.41, 5.74) is 7.25. The molecule has 208 valence electrons. The van der Waals surface area contributed by atoms with Gasteiger partial charge in [0.15, 0.2) is 5.82 Å². The van der Waals surface area contributed by atoms with Crippen LogP contribution in [0.25, 0.3) is 0 Å². The first-order chi connectivity index (χ1) is 17.8. The van der Waals surface area contributed by atoms with Gasteiger partial charge in [-0.25, -0.2) is 23.1 Å². The van der Waals surface area contributed by atoms with E-state index in [-0.39, 0.29) is 18.1 Å². The van der Waals surface area contributed by atoms with Gasteiger partial charge in [0.05, 0.1) is 36.0 Å². The molecular formula is C26H38ClN7O3S. The van der Waals surface area contributed by atoms with Gasteiger partial charge in [0.1, 0.15) is 10.8 Å². The van der Waals surface area contributed by atoms with Crippen LogP contribution in [0.2, 0.25) is 5.02 Å². The molecule has 3 heterocycles. The molecule has 1 fully saturated rings. The summed E-state index contributed by atoms with van der Waals surface area (Å²) >= 11 is 6.47. The number of ether oxygens (including phenoxy) is 1. The Morgan fingerprint density at radius 3 is 2.55 bits per heavy atom. The summed E-state index contributed by atoms with van der Waals surface area (Å²) in [6.45, 7) is 11.3. The topological polar surface area (TPSA) is 112 Å². The van der Waals surface area contributed by atoms with Crippen LogP contribution in [0.5, 0.6) is 5.75 Å². The van der Waals surface area contributed by atoms with Gasteiger partial charge < -0.3 is 20.4 Å². The number of hydrogen-bond donors (Lipinski definition) is 3. The fraction of sp³-hybridized carbons (Fsp3) is 0.538. The first-order valence-electron chi connectivity index (χ1n) is 12.8. The second kappa shape index (κ2) is 11.3. The van der Waals surface area contributed by atoms with Gasteiger partial charge in [-0.05, 0) is 56.4 Å². The summed E-state index contributed by atoms with van der Waals surface area (Å²) in [6.07, 6.45) is 5.72. The molecule has 3 N–H and O–H groups in total. The molecule has 1 aromatic carbocycles. The highest BCUT2D eigenvalue weighted by Crippen LogP contribution is 2.38. The van der Waals surface area contributed by atoms with E-state index in [1.54, 1.807) is 6.20 Å². The third-order valence-electron chi connectivity index (χ3n) is 6.52. The first kappa shape index (κ1) is 28.4. The zero-order valence-electron chi connectivity index (χ0n) is 23.0. The molecule has 0 aliphatic carbocycles. The second-order valence-electron chi connectivity index (χ2n) is 10.8. The average molecular weight is 564 g/mol. The van der Waals surface area contributed by atoms with Crippen LogP contribution in [-0.2, 0) is 10.0 Å². The summed E-state index contributed by atoms with van der Waals surface area (Å²) in [6, 6.07) is 4.13. The van der Waals surface area contributed by atoms with Gasteiger partial charge in [0.25, 0.3) is 0 Å². The number of halogens is 1. The molecule has 0 radical (unpaired) electrons. The normalized spacial score (nSPS) is 18.6. The summed E-state index contributed by atoms with van der Waals surface area (Å²) < 4.78 is 31.3. The van der Waals surface area contributed by atoms with Crippen molar-refractivity contribution in [2.24, 2.45) is 5.92 Å². The van der Waals surface area contributed by atoms with Gasteiger partial charge in [-0.3, -0.25) is 0 Å². The first-order valence-corrected chi connectivity index (χ1v) is 15.1. The van der Waals surface area contributed by atoms with E-state index in [1.165, 1.54) is 10.6 Å². The summed E-state index contributed by atoms with van der Waals surface area (Å²) in [5, 5.41) is 9.03. The maximum Gasteiger partial charge on any atom is 0.229 e. The van der Waals surface area contributed by atoms with Crippen molar-refractivity contribution in [1.29, 1.82) is 0 Å². The van der Waals surface area contributed by atoms with Gasteiger partial charge in [0, 0.05) is 32.3 Å². The van der Waals surface area contributed by atoms with Gasteiger partial charge in [-0.15, -0.1) is 0 Å². The van der Waals surface area contributed by atoms with Crippen molar-refractivity contribution in [2.75, 3.05) is 37.0 Å². The third kappa shape index (κ3) is 6.69. The maximum atomic E-state index is 11.8. The van der Waals surface area contributed by atoms with Gasteiger partial charge in [-0.2, -0.15) is 4.98 Å². The van der Waals surface area contributed by atoms with Crippen molar-refractivity contribution >= 4 is 39.1 Å². The predicted octanol–water partition coefficient (Wildman–Crippen LogP) is 4.45. The van der Waals surface area contributed by atoms with E-state index < -0.39 is 10.0 Å². The molecule has 1 unspecified atom stereocenters. The number of sulfonamides is 1. The van der Waals surface area contributed by atoms with Crippen LogP contribution in [0.4, 0.5) is 17.5 Å². The molecule has 2 aliphatic rings. The van der Waals surface area contributed by atoms with Crippen molar-refractivity contribution < 1.29 is 13.2 Å². The van der Waals surface area contributed by atoms with Crippen LogP contribution in [0.3, 0.4) is 0 Å². The largest absolute Gasteiger partial charge is 0.489 e. The fourth-order valence-electron chi connectivity index (χ4n) is 4.69. The highest BCUT2D eigenvalue weighted by atomic mass is 35.5. The summed E-state index contributed by atoms with van der Waals surface area (Å²) in [7, 11) is -1.22. The molecular weight excluding hydrogens is 526 g/mol. The number of anilines is 3. The Kier molecular flexibility index (Phi) is 8.41. The molecule has 12 heteroatoms. The number of rotatable bonds is 10. The molecule has 10 nitrogen and oxygen atoms in total. The molecule has 1 saturated heterocycles. The van der Waals surface area contributed by atoms with Gasteiger partial charge in [0.2, 0.25) is 16.0 Å². The number of aryl methyl sites for hydroxylation is 1. The predicted molar refractivity (Wildman–Crippen MR) is 152 cm³/mol. The van der Waals surface area contributed by atoms with E-state index in [9.17, 15) is 8.42 Å². The zero-order chi connectivity index (χ0) is 27.8. The standard InChI is InChI=1S/C26H38ClN7O3S/c1-15(2)8-21-23(14-33(6)32-21)29-25-20(27)11-28-26(31-25)30-22-9-17(5)19(10-24(22)37-16(3)4)18-12-34(13-18)38(7,35)36/h9-11,14-16,18,21,32H,8,12-13H2,1-7H3,(H2,28,29,30,31). The molecule has 0 spiro atoms. The van der Waals surface area contributed by atoms with Crippen molar-refractivity contribution in [3.05, 3.63) is 46.4 Å². The van der Waals surface area contributed by atoms with E-state index in [4.69, 9.17) is 16.3 Å². The Morgan fingerprint density at radius 1 is 1.21 bits per heavy atom. The smallest absolute Gasteiger partial charge is 0.229 e. The third-order valence-corrected chi connectivity index (χ3v) is 8.03. The molecule has 0 amide bonds. The van der Waals surface area contributed by atoms with E-state index in [2.05, 4.69) is 39.9 Å². The van der Waals surface area contributed by atoms with E-state index >= 15 is 0 Å². The van der Waals surface area contributed by atoms with Gasteiger partial charge in [-0.1, -0.05) is 25.4 Å². The van der Waals surface area contributed by atoms with Crippen LogP contribution in [0.1, 0.15) is 51.2 Å². The van der Waals surface area contributed by atoms with E-state index in [0.29, 0.717) is 41.5 Å². The van der Waals surface area contributed by atoms with E-state index in [1.807, 2.05) is 51.2 Å². The SMILES string of the molecule is Cc1cc(Nc2ncc(Cl)c(NC3=CN(C)NC3CC(C)C)n2)c(OC(C)C)cc1C1CN(S(C)(=O)=O)C1. The lowest BCUT2D eigenvalue weighted by Crippen LogP contribution is -2.48. The number of hydrazine groups is 1. The Balaban J connectivity index is 1.57. The van der Waals surface area contributed by atoms with Crippen molar-refractivity contribution in [3.63, 3.8) is 0 Å². The Labute approximate surface area is 230 Å². The van der Waals surface area contributed by atoms with Crippen LogP contribution < -0.4 is 20.8 Å². The van der Waals surface area contributed by atoms with Crippen LogP contribution >= 0.6 is 11.6 Å². The van der Waals surface area contributed by atoms with Gasteiger partial charge >= 0.3 is 0 Å². The number of aromatic nitrogens is 2. The molecule has 0 bridgehead atoms. The molecule has 1 atom stereocenters. The maximum absolute atomic E-state index is 11.8. The van der Waals surface area contributed by atoms with Crippen LogP contribution in [0, 0.1) is 12.8 Å². The highest BCUT2D eigenvalue weighted by Gasteiger charge is 2.35. The minimum Gasteiger partial charge on any atom is -0.489 e. The zero-order valence-corrected chi connectivity index (χ0v) is 24.6. The molecule has 2 aromatic rings. The van der Waals surface area contributed by atoms with Crippen molar-refractivity contribution in [2.45, 2.75) is 59.1 Å². The molecule has 1 aromatic heterocycles. The quantitative estimate of drug-likeness (QED) is 0.386. The Hall–Kier alpha value is -2.60. The molecule has 4 rings (SSSR count). The minimum absolute atomic E-state index is 0.0555. The lowest BCUT2D eigenvalue weighted by atomic mass is 9.89. The Bertz CT molecular complexity index is 1310. The minimum atomic E-state index is -3.18. The average Bonchev–Trinajstić information content (AvgIpc) is 3.08. The number of nitrogens with zero attached hydrogens (tertiary/aromatic N) is 4. The lowest BCUT2D eigenvalue weighted by Gasteiger charge is -2.38. The van der Waals surface area contributed by atoms with Crippen LogP contribution in [0.15, 0.2) is 30.2 Å². The molecule has 38 heavy (non-hydrogen) atoms. The fourth-order valence-corrected chi connectivity index (χ4v) is 5.73. The molecule has 0 saturated carbocycles. The van der Waals surface area contributed by atoms with Crippen molar-refractivity contribution in [3.8, 4) is 5.75 Å². The number of hydrogen-bond acceptors (Lipinski definition) is 9. The number of benzene rings is 1. The number of nitrogens with one attached hydrogen (secondary N) is 3.